The first-order valence-corrected chi connectivity index (χ1v) is 8.12. The van der Waals surface area contributed by atoms with E-state index < -0.39 is 0 Å². The van der Waals surface area contributed by atoms with E-state index in [4.69, 9.17) is 0 Å². The lowest BCUT2D eigenvalue weighted by Gasteiger charge is -2.06. The van der Waals surface area contributed by atoms with E-state index in [-0.39, 0.29) is 18.1 Å². The molecule has 3 aromatic rings. The number of aromatic amines is 1. The molecular formula is C20H21FN2O. The van der Waals surface area contributed by atoms with E-state index in [1.54, 1.807) is 6.07 Å². The lowest BCUT2D eigenvalue weighted by Crippen LogP contribution is -2.27. The molecule has 0 aliphatic rings. The maximum absolute atomic E-state index is 13.5. The Hall–Kier alpha value is -2.62. The van der Waals surface area contributed by atoms with Crippen LogP contribution in [0.25, 0.3) is 10.9 Å². The molecule has 3 rings (SSSR count). The van der Waals surface area contributed by atoms with E-state index >= 15 is 0 Å². The first kappa shape index (κ1) is 16.2. The minimum absolute atomic E-state index is 0.0454. The van der Waals surface area contributed by atoms with Crippen molar-refractivity contribution in [3.63, 3.8) is 0 Å². The molecule has 24 heavy (non-hydrogen) atoms. The summed E-state index contributed by atoms with van der Waals surface area (Å²) in [5, 5.41) is 3.73. The number of amides is 1. The normalized spacial score (nSPS) is 11.0. The van der Waals surface area contributed by atoms with Gasteiger partial charge in [0.05, 0.1) is 6.42 Å². The number of aromatic nitrogens is 1. The standard InChI is InChI=1S/C20H21FN2O/c1-13-4-3-5-15(10-13)8-9-22-20(24)12-17-14(2)23-19-7-6-16(21)11-18(17)19/h3-7,10-11,23H,8-9,12H2,1-2H3,(H,22,24). The number of aryl methyl sites for hydroxylation is 2. The molecule has 1 amide bonds. The van der Waals surface area contributed by atoms with Crippen molar-refractivity contribution in [1.29, 1.82) is 0 Å². The van der Waals surface area contributed by atoms with Crippen molar-refractivity contribution in [3.8, 4) is 0 Å². The highest BCUT2D eigenvalue weighted by molar-refractivity contribution is 5.90. The first-order chi connectivity index (χ1) is 11.5. The number of hydrogen-bond acceptors (Lipinski definition) is 1. The lowest BCUT2D eigenvalue weighted by atomic mass is 10.1. The third kappa shape index (κ3) is 3.65. The summed E-state index contributed by atoms with van der Waals surface area (Å²) in [5.41, 5.74) is 5.05. The van der Waals surface area contributed by atoms with Gasteiger partial charge in [-0.25, -0.2) is 4.39 Å². The Bertz CT molecular complexity index is 882. The van der Waals surface area contributed by atoms with Gasteiger partial charge >= 0.3 is 0 Å². The molecule has 0 saturated carbocycles. The van der Waals surface area contributed by atoms with Crippen molar-refractivity contribution < 1.29 is 9.18 Å². The Kier molecular flexibility index (Phi) is 4.65. The first-order valence-electron chi connectivity index (χ1n) is 8.12. The molecule has 3 nitrogen and oxygen atoms in total. The van der Waals surface area contributed by atoms with Crippen molar-refractivity contribution in [2.45, 2.75) is 26.7 Å². The minimum atomic E-state index is -0.289. The summed E-state index contributed by atoms with van der Waals surface area (Å²) >= 11 is 0. The average molecular weight is 324 g/mol. The van der Waals surface area contributed by atoms with Gasteiger partial charge in [-0.3, -0.25) is 4.79 Å². The molecule has 0 saturated heterocycles. The van der Waals surface area contributed by atoms with Crippen LogP contribution >= 0.6 is 0 Å². The zero-order valence-electron chi connectivity index (χ0n) is 13.9. The number of halogens is 1. The van der Waals surface area contributed by atoms with Crippen molar-refractivity contribution >= 4 is 16.8 Å². The zero-order valence-corrected chi connectivity index (χ0v) is 13.9. The van der Waals surface area contributed by atoms with E-state index in [2.05, 4.69) is 35.4 Å². The second-order valence-electron chi connectivity index (χ2n) is 6.18. The second-order valence-corrected chi connectivity index (χ2v) is 6.18. The predicted molar refractivity (Wildman–Crippen MR) is 94.6 cm³/mol. The van der Waals surface area contributed by atoms with Gasteiger partial charge in [-0.1, -0.05) is 29.8 Å². The van der Waals surface area contributed by atoms with Crippen LogP contribution in [0.1, 0.15) is 22.4 Å². The van der Waals surface area contributed by atoms with E-state index in [0.29, 0.717) is 6.54 Å². The van der Waals surface area contributed by atoms with E-state index in [1.807, 2.05) is 13.0 Å². The largest absolute Gasteiger partial charge is 0.358 e. The fraction of sp³-hybridized carbons (Fsp3) is 0.250. The van der Waals surface area contributed by atoms with Crippen molar-refractivity contribution in [2.24, 2.45) is 0 Å². The van der Waals surface area contributed by atoms with Gasteiger partial charge in [0.25, 0.3) is 0 Å². The highest BCUT2D eigenvalue weighted by atomic mass is 19.1. The molecule has 0 atom stereocenters. The van der Waals surface area contributed by atoms with Crippen molar-refractivity contribution in [2.75, 3.05) is 6.54 Å². The number of nitrogens with one attached hydrogen (secondary N) is 2. The molecule has 124 valence electrons. The maximum Gasteiger partial charge on any atom is 0.224 e. The van der Waals surface area contributed by atoms with Gasteiger partial charge in [0.15, 0.2) is 0 Å². The average Bonchev–Trinajstić information content (AvgIpc) is 2.83. The van der Waals surface area contributed by atoms with Gasteiger partial charge in [0.2, 0.25) is 5.91 Å². The predicted octanol–water partition coefficient (Wildman–Crippen LogP) is 3.83. The van der Waals surface area contributed by atoms with Crippen LogP contribution in [-0.4, -0.2) is 17.4 Å². The van der Waals surface area contributed by atoms with Crippen LogP contribution in [0.4, 0.5) is 4.39 Å². The topological polar surface area (TPSA) is 44.9 Å². The molecule has 0 spiro atoms. The number of H-pyrrole nitrogens is 1. The number of benzene rings is 2. The SMILES string of the molecule is Cc1cccc(CCNC(=O)Cc2c(C)[nH]c3ccc(F)cc23)c1. The summed E-state index contributed by atoms with van der Waals surface area (Å²) < 4.78 is 13.5. The molecule has 2 aromatic carbocycles. The van der Waals surface area contributed by atoms with E-state index in [0.717, 1.165) is 28.6 Å². The van der Waals surface area contributed by atoms with Crippen LogP contribution in [0, 0.1) is 19.7 Å². The smallest absolute Gasteiger partial charge is 0.224 e. The van der Waals surface area contributed by atoms with Crippen LogP contribution < -0.4 is 5.32 Å². The number of hydrogen-bond donors (Lipinski definition) is 2. The van der Waals surface area contributed by atoms with Gasteiger partial charge in [0, 0.05) is 23.1 Å². The van der Waals surface area contributed by atoms with Crippen LogP contribution in [0.5, 0.6) is 0 Å². The highest BCUT2D eigenvalue weighted by Crippen LogP contribution is 2.23. The Balaban J connectivity index is 1.63. The Morgan fingerprint density at radius 3 is 2.79 bits per heavy atom. The molecule has 0 aliphatic carbocycles. The molecule has 2 N–H and O–H groups in total. The molecule has 0 fully saturated rings. The molecular weight excluding hydrogens is 303 g/mol. The lowest BCUT2D eigenvalue weighted by molar-refractivity contribution is -0.120. The number of carbonyl (C=O) groups excluding carboxylic acids is 1. The van der Waals surface area contributed by atoms with E-state index in [9.17, 15) is 9.18 Å². The van der Waals surface area contributed by atoms with Gasteiger partial charge in [-0.15, -0.1) is 0 Å². The monoisotopic (exact) mass is 324 g/mol. The zero-order chi connectivity index (χ0) is 17.1. The molecule has 0 bridgehead atoms. The molecule has 4 heteroatoms. The quantitative estimate of drug-likeness (QED) is 0.736. The van der Waals surface area contributed by atoms with Crippen molar-refractivity contribution in [1.82, 2.24) is 10.3 Å². The maximum atomic E-state index is 13.5. The molecule has 1 heterocycles. The Morgan fingerprint density at radius 2 is 2.00 bits per heavy atom. The summed E-state index contributed by atoms with van der Waals surface area (Å²) in [5.74, 6) is -0.335. The summed E-state index contributed by atoms with van der Waals surface area (Å²) in [6.07, 6.45) is 1.05. The summed E-state index contributed by atoms with van der Waals surface area (Å²) in [6, 6.07) is 12.9. The van der Waals surface area contributed by atoms with Gasteiger partial charge in [-0.2, -0.15) is 0 Å². The summed E-state index contributed by atoms with van der Waals surface area (Å²) in [4.78, 5) is 15.4. The molecule has 0 aliphatic heterocycles. The van der Waals surface area contributed by atoms with Gasteiger partial charge < -0.3 is 10.3 Å². The summed E-state index contributed by atoms with van der Waals surface area (Å²) in [6.45, 7) is 4.56. The number of carbonyl (C=O) groups is 1. The third-order valence-electron chi connectivity index (χ3n) is 4.24. The van der Waals surface area contributed by atoms with E-state index in [1.165, 1.54) is 23.3 Å². The number of rotatable bonds is 5. The third-order valence-corrected chi connectivity index (χ3v) is 4.24. The molecule has 0 unspecified atom stereocenters. The molecule has 0 radical (unpaired) electrons. The van der Waals surface area contributed by atoms with Crippen molar-refractivity contribution in [3.05, 3.63) is 70.7 Å². The van der Waals surface area contributed by atoms with Crippen LogP contribution in [0.15, 0.2) is 42.5 Å². The van der Waals surface area contributed by atoms with Crippen LogP contribution in [0.3, 0.4) is 0 Å². The fourth-order valence-corrected chi connectivity index (χ4v) is 3.02. The summed E-state index contributed by atoms with van der Waals surface area (Å²) in [7, 11) is 0. The highest BCUT2D eigenvalue weighted by Gasteiger charge is 2.13. The second kappa shape index (κ2) is 6.87. The fourth-order valence-electron chi connectivity index (χ4n) is 3.02. The Morgan fingerprint density at radius 1 is 1.17 bits per heavy atom. The molecule has 1 aromatic heterocycles. The minimum Gasteiger partial charge on any atom is -0.358 e. The van der Waals surface area contributed by atoms with Gasteiger partial charge in [-0.05, 0) is 49.6 Å². The van der Waals surface area contributed by atoms with Gasteiger partial charge in [0.1, 0.15) is 5.82 Å². The van der Waals surface area contributed by atoms with Crippen LogP contribution in [-0.2, 0) is 17.6 Å². The van der Waals surface area contributed by atoms with Crippen LogP contribution in [0.2, 0.25) is 0 Å². The Labute approximate surface area is 140 Å². The number of fused-ring (bicyclic) bond motifs is 1.